The van der Waals surface area contributed by atoms with E-state index in [1.54, 1.807) is 0 Å². The molecule has 0 saturated carbocycles. The maximum absolute atomic E-state index is 4.22. The maximum atomic E-state index is 4.22. The number of thiol groups is 1. The predicted molar refractivity (Wildman–Crippen MR) is 99.4 cm³/mol. The molecule has 2 aromatic carbocycles. The van der Waals surface area contributed by atoms with Gasteiger partial charge in [0, 0.05) is 12.0 Å². The molecule has 2 heteroatoms. The van der Waals surface area contributed by atoms with Gasteiger partial charge in [-0.25, -0.2) is 4.40 Å². The number of hydrogen-bond donors (Lipinski definition) is 1. The van der Waals surface area contributed by atoms with E-state index >= 15 is 0 Å². The third-order valence-corrected chi connectivity index (χ3v) is 4.27. The molecular formula is C20H19NS. The van der Waals surface area contributed by atoms with Crippen molar-refractivity contribution in [3.05, 3.63) is 82.9 Å². The minimum atomic E-state index is 0.812. The summed E-state index contributed by atoms with van der Waals surface area (Å²) in [4.78, 5) is 0. The molecule has 0 amide bonds. The van der Waals surface area contributed by atoms with Gasteiger partial charge in [-0.1, -0.05) is 71.8 Å². The van der Waals surface area contributed by atoms with Gasteiger partial charge in [0.25, 0.3) is 0 Å². The lowest BCUT2D eigenvalue weighted by atomic mass is 9.88. The van der Waals surface area contributed by atoms with Crippen molar-refractivity contribution < 1.29 is 0 Å². The van der Waals surface area contributed by atoms with Crippen LogP contribution in [0.4, 0.5) is 0 Å². The molecule has 0 N–H and O–H groups in total. The fraction of sp³-hybridized carbons (Fsp3) is 0.150. The number of aryl methyl sites for hydroxylation is 2. The number of nitrogens with zero attached hydrogens (tertiary/aromatic N) is 1. The molecule has 1 aliphatic carbocycles. The lowest BCUT2D eigenvalue weighted by Gasteiger charge is -2.17. The molecule has 0 fully saturated rings. The van der Waals surface area contributed by atoms with Gasteiger partial charge in [0.2, 0.25) is 0 Å². The van der Waals surface area contributed by atoms with Gasteiger partial charge in [-0.15, -0.1) is 0 Å². The van der Waals surface area contributed by atoms with Crippen LogP contribution in [0.5, 0.6) is 0 Å². The second kappa shape index (κ2) is 6.37. The normalized spacial score (nSPS) is 16.4. The van der Waals surface area contributed by atoms with Crippen LogP contribution in [-0.4, -0.2) is 5.71 Å². The molecule has 0 aliphatic heterocycles. The average Bonchev–Trinajstić information content (AvgIpc) is 2.56. The summed E-state index contributed by atoms with van der Waals surface area (Å²) in [5.41, 5.74) is 8.44. The van der Waals surface area contributed by atoms with Gasteiger partial charge in [0.15, 0.2) is 0 Å². The van der Waals surface area contributed by atoms with Gasteiger partial charge >= 0.3 is 0 Å². The highest BCUT2D eigenvalue weighted by Gasteiger charge is 2.16. The van der Waals surface area contributed by atoms with Crippen molar-refractivity contribution in [2.75, 3.05) is 0 Å². The van der Waals surface area contributed by atoms with E-state index in [0.29, 0.717) is 0 Å². The fourth-order valence-corrected chi connectivity index (χ4v) is 2.84. The minimum absolute atomic E-state index is 0.812. The van der Waals surface area contributed by atoms with Crippen LogP contribution in [0.15, 0.2) is 65.1 Å². The van der Waals surface area contributed by atoms with Gasteiger partial charge in [0.05, 0.1) is 5.71 Å². The highest BCUT2D eigenvalue weighted by Crippen LogP contribution is 2.30. The van der Waals surface area contributed by atoms with Crippen LogP contribution in [-0.2, 0) is 0 Å². The average molecular weight is 305 g/mol. The second-order valence-corrected chi connectivity index (χ2v) is 5.93. The summed E-state index contributed by atoms with van der Waals surface area (Å²) in [6, 6.07) is 17.2. The number of hydrogen-bond acceptors (Lipinski definition) is 2. The third kappa shape index (κ3) is 3.07. The molecule has 0 spiro atoms. The van der Waals surface area contributed by atoms with Crippen molar-refractivity contribution in [3.63, 3.8) is 0 Å². The second-order valence-electron chi connectivity index (χ2n) is 5.73. The van der Waals surface area contributed by atoms with Crippen molar-refractivity contribution >= 4 is 29.7 Å². The van der Waals surface area contributed by atoms with E-state index in [2.05, 4.69) is 91.7 Å². The van der Waals surface area contributed by atoms with Gasteiger partial charge < -0.3 is 0 Å². The molecule has 1 nitrogen and oxygen atoms in total. The Kier molecular flexibility index (Phi) is 4.30. The Morgan fingerprint density at radius 3 is 1.86 bits per heavy atom. The molecule has 0 unspecified atom stereocenters. The van der Waals surface area contributed by atoms with Crippen LogP contribution in [0.2, 0.25) is 0 Å². The van der Waals surface area contributed by atoms with Crippen LogP contribution in [0.25, 0.3) is 11.1 Å². The molecule has 0 aromatic heterocycles. The standard InChI is InChI=1S/C20H19NS/c1-14-3-7-16(8-4-14)18-11-12-19(20(13-18)21-22)17-9-5-15(2)6-10-17/h3-12,22H,13H2,1-2H3/b21-20+. The summed E-state index contributed by atoms with van der Waals surface area (Å²) in [7, 11) is 0. The van der Waals surface area contributed by atoms with E-state index in [1.165, 1.54) is 27.8 Å². The first-order valence-electron chi connectivity index (χ1n) is 7.43. The Balaban J connectivity index is 1.98. The zero-order valence-corrected chi connectivity index (χ0v) is 13.8. The molecule has 0 heterocycles. The van der Waals surface area contributed by atoms with Gasteiger partial charge in [0.1, 0.15) is 0 Å². The molecule has 0 radical (unpaired) electrons. The van der Waals surface area contributed by atoms with E-state index in [0.717, 1.165) is 17.7 Å². The Labute approximate surface area is 137 Å². The Morgan fingerprint density at radius 2 is 1.32 bits per heavy atom. The number of allylic oxidation sites excluding steroid dienone is 4. The van der Waals surface area contributed by atoms with Crippen molar-refractivity contribution in [1.82, 2.24) is 0 Å². The van der Waals surface area contributed by atoms with E-state index in [4.69, 9.17) is 0 Å². The van der Waals surface area contributed by atoms with E-state index in [-0.39, 0.29) is 0 Å². The van der Waals surface area contributed by atoms with Gasteiger partial charge in [-0.3, -0.25) is 0 Å². The van der Waals surface area contributed by atoms with Crippen LogP contribution in [0, 0.1) is 13.8 Å². The summed E-state index contributed by atoms with van der Waals surface area (Å²) in [6.45, 7) is 4.21. The molecule has 110 valence electrons. The number of benzene rings is 2. The minimum Gasteiger partial charge on any atom is -0.223 e. The summed E-state index contributed by atoms with van der Waals surface area (Å²) in [5.74, 6) is 0. The summed E-state index contributed by atoms with van der Waals surface area (Å²) in [5, 5.41) is 0. The van der Waals surface area contributed by atoms with Crippen molar-refractivity contribution in [2.45, 2.75) is 20.3 Å². The molecule has 0 bridgehead atoms. The maximum Gasteiger partial charge on any atom is 0.0606 e. The fourth-order valence-electron chi connectivity index (χ4n) is 2.67. The van der Waals surface area contributed by atoms with Crippen LogP contribution in [0.1, 0.15) is 28.7 Å². The first kappa shape index (κ1) is 14.9. The van der Waals surface area contributed by atoms with Crippen molar-refractivity contribution in [3.8, 4) is 0 Å². The smallest absolute Gasteiger partial charge is 0.0606 e. The van der Waals surface area contributed by atoms with Gasteiger partial charge in [-0.05, 0) is 43.4 Å². The molecule has 0 saturated heterocycles. The lowest BCUT2D eigenvalue weighted by Crippen LogP contribution is -2.07. The zero-order chi connectivity index (χ0) is 15.5. The number of rotatable bonds is 2. The topological polar surface area (TPSA) is 12.4 Å². The van der Waals surface area contributed by atoms with E-state index < -0.39 is 0 Å². The van der Waals surface area contributed by atoms with E-state index in [1.807, 2.05) is 0 Å². The highest BCUT2D eigenvalue weighted by atomic mass is 32.1. The molecule has 22 heavy (non-hydrogen) atoms. The Morgan fingerprint density at radius 1 is 0.773 bits per heavy atom. The summed E-state index contributed by atoms with van der Waals surface area (Å²) in [6.07, 6.45) is 5.16. The molecule has 1 aliphatic rings. The first-order valence-corrected chi connectivity index (χ1v) is 7.83. The molecular weight excluding hydrogens is 286 g/mol. The van der Waals surface area contributed by atoms with E-state index in [9.17, 15) is 0 Å². The quantitative estimate of drug-likeness (QED) is 0.707. The predicted octanol–water partition coefficient (Wildman–Crippen LogP) is 5.46. The highest BCUT2D eigenvalue weighted by molar-refractivity contribution is 7.79. The molecule has 2 aromatic rings. The van der Waals surface area contributed by atoms with Gasteiger partial charge in [-0.2, -0.15) is 0 Å². The van der Waals surface area contributed by atoms with Crippen molar-refractivity contribution in [1.29, 1.82) is 0 Å². The Hall–Kier alpha value is -2.06. The van der Waals surface area contributed by atoms with Crippen LogP contribution in [0.3, 0.4) is 0 Å². The molecule has 0 atom stereocenters. The largest absolute Gasteiger partial charge is 0.223 e. The SMILES string of the molecule is Cc1ccc(C2=CC=C(c3ccc(C)cc3)/C(=N/S)C2)cc1. The van der Waals surface area contributed by atoms with Crippen molar-refractivity contribution in [2.24, 2.45) is 4.40 Å². The summed E-state index contributed by atoms with van der Waals surface area (Å²) >= 11 is 4.18. The summed E-state index contributed by atoms with van der Waals surface area (Å²) < 4.78 is 4.22. The monoisotopic (exact) mass is 305 g/mol. The Bertz CT molecular complexity index is 762. The lowest BCUT2D eigenvalue weighted by molar-refractivity contribution is 1.39. The first-order chi connectivity index (χ1) is 10.7. The zero-order valence-electron chi connectivity index (χ0n) is 12.9. The van der Waals surface area contributed by atoms with Crippen LogP contribution < -0.4 is 0 Å². The third-order valence-electron chi connectivity index (χ3n) is 4.03. The van der Waals surface area contributed by atoms with Crippen LogP contribution >= 0.6 is 12.8 Å². The molecule has 3 rings (SSSR count).